The Balaban J connectivity index is 0.00000312. The molecule has 2 rings (SSSR count). The third-order valence-corrected chi connectivity index (χ3v) is 6.20. The molecule has 6 nitrogen and oxygen atoms in total. The Bertz CT molecular complexity index is 699. The van der Waals surface area contributed by atoms with Gasteiger partial charge in [0.05, 0.1) is 4.90 Å². The van der Waals surface area contributed by atoms with Gasteiger partial charge in [-0.05, 0) is 50.3 Å². The van der Waals surface area contributed by atoms with E-state index < -0.39 is 10.0 Å². The highest BCUT2D eigenvalue weighted by Gasteiger charge is 2.27. The smallest absolute Gasteiger partial charge is 0.254 e. The number of nitrogens with two attached hydrogens (primary N) is 1. The SMILES string of the molecule is CCNS(=O)(=O)c1ccc(C)c(C(=O)N2CCC(C(C)N)CC2)c1.Cl. The first-order valence-corrected chi connectivity index (χ1v) is 9.89. The predicted molar refractivity (Wildman–Crippen MR) is 102 cm³/mol. The van der Waals surface area contributed by atoms with E-state index in [2.05, 4.69) is 4.72 Å². The van der Waals surface area contributed by atoms with E-state index in [1.165, 1.54) is 12.1 Å². The second-order valence-electron chi connectivity index (χ2n) is 6.47. The van der Waals surface area contributed by atoms with Gasteiger partial charge in [0.15, 0.2) is 0 Å². The van der Waals surface area contributed by atoms with Crippen molar-refractivity contribution in [2.75, 3.05) is 19.6 Å². The molecule has 0 spiro atoms. The highest BCUT2D eigenvalue weighted by Crippen LogP contribution is 2.23. The molecule has 3 N–H and O–H groups in total. The zero-order valence-electron chi connectivity index (χ0n) is 15.0. The van der Waals surface area contributed by atoms with Gasteiger partial charge in [-0.15, -0.1) is 12.4 Å². The average molecular weight is 390 g/mol. The van der Waals surface area contributed by atoms with Crippen LogP contribution in [-0.2, 0) is 10.0 Å². The molecular weight excluding hydrogens is 362 g/mol. The van der Waals surface area contributed by atoms with Crippen LogP contribution in [0.25, 0.3) is 0 Å². The highest BCUT2D eigenvalue weighted by molar-refractivity contribution is 7.89. The van der Waals surface area contributed by atoms with Gasteiger partial charge in [-0.3, -0.25) is 4.79 Å². The van der Waals surface area contributed by atoms with Gasteiger partial charge >= 0.3 is 0 Å². The number of nitrogens with one attached hydrogen (secondary N) is 1. The van der Waals surface area contributed by atoms with E-state index in [-0.39, 0.29) is 29.3 Å². The Morgan fingerprint density at radius 2 is 1.96 bits per heavy atom. The van der Waals surface area contributed by atoms with Crippen molar-refractivity contribution in [3.8, 4) is 0 Å². The molecule has 8 heteroatoms. The number of amides is 1. The minimum absolute atomic E-state index is 0. The van der Waals surface area contributed by atoms with Crippen molar-refractivity contribution in [2.24, 2.45) is 11.7 Å². The van der Waals surface area contributed by atoms with E-state index in [1.807, 2.05) is 13.8 Å². The van der Waals surface area contributed by atoms with E-state index in [0.29, 0.717) is 31.1 Å². The summed E-state index contributed by atoms with van der Waals surface area (Å²) in [5.41, 5.74) is 7.18. The van der Waals surface area contributed by atoms with Crippen LogP contribution in [-0.4, -0.2) is 44.9 Å². The monoisotopic (exact) mass is 389 g/mol. The molecule has 1 aliphatic rings. The van der Waals surface area contributed by atoms with E-state index in [1.54, 1.807) is 17.9 Å². The number of nitrogens with zero attached hydrogens (tertiary/aromatic N) is 1. The van der Waals surface area contributed by atoms with Gasteiger partial charge < -0.3 is 10.6 Å². The maximum Gasteiger partial charge on any atom is 0.254 e. The lowest BCUT2D eigenvalue weighted by atomic mass is 9.90. The number of benzene rings is 1. The lowest BCUT2D eigenvalue weighted by molar-refractivity contribution is 0.0680. The topological polar surface area (TPSA) is 92.5 Å². The molecule has 1 fully saturated rings. The number of hydrogen-bond donors (Lipinski definition) is 2. The molecule has 1 unspecified atom stereocenters. The summed E-state index contributed by atoms with van der Waals surface area (Å²) in [6, 6.07) is 4.84. The molecular formula is C17H28ClN3O3S. The van der Waals surface area contributed by atoms with Gasteiger partial charge in [-0.2, -0.15) is 0 Å². The van der Waals surface area contributed by atoms with Crippen molar-refractivity contribution in [3.05, 3.63) is 29.3 Å². The van der Waals surface area contributed by atoms with Crippen LogP contribution < -0.4 is 10.5 Å². The Labute approximate surface area is 156 Å². The first kappa shape index (κ1) is 21.9. The fraction of sp³-hybridized carbons (Fsp3) is 0.588. The van der Waals surface area contributed by atoms with Gasteiger partial charge in [0.25, 0.3) is 5.91 Å². The second-order valence-corrected chi connectivity index (χ2v) is 8.23. The first-order chi connectivity index (χ1) is 11.3. The molecule has 1 saturated heterocycles. The molecule has 0 bridgehead atoms. The maximum absolute atomic E-state index is 12.8. The number of piperidine rings is 1. The van der Waals surface area contributed by atoms with Crippen molar-refractivity contribution in [1.29, 1.82) is 0 Å². The average Bonchev–Trinajstić information content (AvgIpc) is 2.54. The second kappa shape index (κ2) is 8.98. The van der Waals surface area contributed by atoms with Gasteiger partial charge in [0.1, 0.15) is 0 Å². The molecule has 1 amide bonds. The number of rotatable bonds is 5. The molecule has 0 saturated carbocycles. The fourth-order valence-electron chi connectivity index (χ4n) is 3.07. The summed E-state index contributed by atoms with van der Waals surface area (Å²) >= 11 is 0. The van der Waals surface area contributed by atoms with Crippen LogP contribution in [0.3, 0.4) is 0 Å². The molecule has 0 aromatic heterocycles. The third-order valence-electron chi connectivity index (χ3n) is 4.65. The summed E-state index contributed by atoms with van der Waals surface area (Å²) in [7, 11) is -3.57. The van der Waals surface area contributed by atoms with Crippen LogP contribution >= 0.6 is 12.4 Å². The number of halogens is 1. The molecule has 1 aromatic rings. The number of hydrogen-bond acceptors (Lipinski definition) is 4. The van der Waals surface area contributed by atoms with Crippen molar-refractivity contribution in [2.45, 2.75) is 44.6 Å². The predicted octanol–water partition coefficient (Wildman–Crippen LogP) is 1.91. The molecule has 1 aromatic carbocycles. The number of carbonyl (C=O) groups excluding carboxylic acids is 1. The molecule has 1 aliphatic heterocycles. The maximum atomic E-state index is 12.8. The number of carbonyl (C=O) groups is 1. The summed E-state index contributed by atoms with van der Waals surface area (Å²) in [6.07, 6.45) is 1.77. The zero-order valence-corrected chi connectivity index (χ0v) is 16.6. The Hall–Kier alpha value is -1.15. The highest BCUT2D eigenvalue weighted by atomic mass is 35.5. The van der Waals surface area contributed by atoms with Crippen molar-refractivity contribution in [3.63, 3.8) is 0 Å². The Morgan fingerprint density at radius 1 is 1.36 bits per heavy atom. The van der Waals surface area contributed by atoms with Crippen LogP contribution in [0.5, 0.6) is 0 Å². The van der Waals surface area contributed by atoms with Gasteiger partial charge in [-0.1, -0.05) is 13.0 Å². The van der Waals surface area contributed by atoms with Crippen LogP contribution in [0.4, 0.5) is 0 Å². The summed E-state index contributed by atoms with van der Waals surface area (Å²) in [4.78, 5) is 14.7. The van der Waals surface area contributed by atoms with Crippen LogP contribution in [0, 0.1) is 12.8 Å². The van der Waals surface area contributed by atoms with E-state index in [0.717, 1.165) is 18.4 Å². The molecule has 0 aliphatic carbocycles. The van der Waals surface area contributed by atoms with E-state index in [9.17, 15) is 13.2 Å². The number of sulfonamides is 1. The van der Waals surface area contributed by atoms with Gasteiger partial charge in [0, 0.05) is 31.2 Å². The standard InChI is InChI=1S/C17H27N3O3S.ClH/c1-4-19-24(22,23)15-6-5-12(2)16(11-15)17(21)20-9-7-14(8-10-20)13(3)18;/h5-6,11,13-14,19H,4,7-10,18H2,1-3H3;1H. The Morgan fingerprint density at radius 3 is 2.48 bits per heavy atom. The largest absolute Gasteiger partial charge is 0.339 e. The Kier molecular flexibility index (Phi) is 7.87. The van der Waals surface area contributed by atoms with Crippen LogP contribution in [0.2, 0.25) is 0 Å². The lowest BCUT2D eigenvalue weighted by Gasteiger charge is -2.34. The molecule has 0 radical (unpaired) electrons. The van der Waals surface area contributed by atoms with Crippen molar-refractivity contribution < 1.29 is 13.2 Å². The molecule has 1 heterocycles. The quantitative estimate of drug-likeness (QED) is 0.804. The summed E-state index contributed by atoms with van der Waals surface area (Å²) in [5, 5.41) is 0. The van der Waals surface area contributed by atoms with Crippen molar-refractivity contribution in [1.82, 2.24) is 9.62 Å². The zero-order chi connectivity index (χ0) is 17.9. The summed E-state index contributed by atoms with van der Waals surface area (Å²) in [6.45, 7) is 7.18. The van der Waals surface area contributed by atoms with E-state index >= 15 is 0 Å². The van der Waals surface area contributed by atoms with E-state index in [4.69, 9.17) is 5.73 Å². The minimum Gasteiger partial charge on any atom is -0.339 e. The van der Waals surface area contributed by atoms with Crippen LogP contribution in [0.1, 0.15) is 42.6 Å². The number of likely N-dealkylation sites (tertiary alicyclic amines) is 1. The summed E-state index contributed by atoms with van der Waals surface area (Å²) in [5.74, 6) is 0.333. The molecule has 1 atom stereocenters. The first-order valence-electron chi connectivity index (χ1n) is 8.41. The molecule has 25 heavy (non-hydrogen) atoms. The normalized spacial score (nSPS) is 17.0. The minimum atomic E-state index is -3.57. The fourth-order valence-corrected chi connectivity index (χ4v) is 4.14. The van der Waals surface area contributed by atoms with Crippen LogP contribution in [0.15, 0.2) is 23.1 Å². The van der Waals surface area contributed by atoms with Gasteiger partial charge in [-0.25, -0.2) is 13.1 Å². The third kappa shape index (κ3) is 5.17. The van der Waals surface area contributed by atoms with Crippen molar-refractivity contribution >= 4 is 28.3 Å². The summed E-state index contributed by atoms with van der Waals surface area (Å²) < 4.78 is 26.8. The lowest BCUT2D eigenvalue weighted by Crippen LogP contribution is -2.42. The molecule has 142 valence electrons. The number of aryl methyl sites for hydroxylation is 1. The van der Waals surface area contributed by atoms with Gasteiger partial charge in [0.2, 0.25) is 10.0 Å².